The molecule has 0 saturated carbocycles. The molecule has 0 saturated heterocycles. The van der Waals surface area contributed by atoms with Crippen LogP contribution >= 0.6 is 11.8 Å². The number of nitrogens with zero attached hydrogens (tertiary/aromatic N) is 4. The van der Waals surface area contributed by atoms with Crippen molar-refractivity contribution >= 4 is 34.3 Å². The van der Waals surface area contributed by atoms with Gasteiger partial charge in [-0.2, -0.15) is 9.98 Å². The summed E-state index contributed by atoms with van der Waals surface area (Å²) < 4.78 is 26.1. The summed E-state index contributed by atoms with van der Waals surface area (Å²) in [5.74, 6) is 2.26. The van der Waals surface area contributed by atoms with Crippen LogP contribution in [0.15, 0.2) is 50.9 Å². The Bertz CT molecular complexity index is 1200. The molecule has 11 heteroatoms. The van der Waals surface area contributed by atoms with Crippen molar-refractivity contribution < 1.29 is 28.3 Å². The van der Waals surface area contributed by atoms with Crippen molar-refractivity contribution in [2.45, 2.75) is 6.92 Å². The number of rotatable bonds is 7. The number of aromatic nitrogens is 2. The number of thioether (sulfide) groups is 1. The molecule has 1 heterocycles. The minimum absolute atomic E-state index is 0.346. The molecule has 1 aromatic heterocycles. The lowest BCUT2D eigenvalue weighted by Gasteiger charge is -2.15. The second-order valence-electron chi connectivity index (χ2n) is 6.65. The van der Waals surface area contributed by atoms with E-state index in [4.69, 9.17) is 28.5 Å². The Labute approximate surface area is 201 Å². The maximum atomic E-state index is 11.9. The van der Waals surface area contributed by atoms with E-state index in [1.807, 2.05) is 12.1 Å². The summed E-state index contributed by atoms with van der Waals surface area (Å²) in [6.45, 7) is 1.73. The number of ether oxygens (including phenoxy) is 4. The minimum Gasteiger partial charge on any atom is -0.493 e. The first-order valence-electron chi connectivity index (χ1n) is 9.94. The number of aryl methyl sites for hydroxylation is 1. The lowest BCUT2D eigenvalue weighted by molar-refractivity contribution is 0.183. The Kier molecular flexibility index (Phi) is 8.25. The van der Waals surface area contributed by atoms with Crippen molar-refractivity contribution in [3.8, 4) is 28.6 Å². The van der Waals surface area contributed by atoms with Crippen molar-refractivity contribution in [2.24, 2.45) is 9.98 Å². The fraction of sp³-hybridized carbons (Fsp3) is 0.261. The number of methoxy groups -OCH3 is 4. The van der Waals surface area contributed by atoms with Gasteiger partial charge in [0, 0.05) is 18.1 Å². The van der Waals surface area contributed by atoms with Gasteiger partial charge in [0.25, 0.3) is 0 Å². The largest absolute Gasteiger partial charge is 0.493 e. The third kappa shape index (κ3) is 5.54. The molecular formula is C23H24N4O6S. The lowest BCUT2D eigenvalue weighted by atomic mass is 10.1. The van der Waals surface area contributed by atoms with Crippen LogP contribution in [0.4, 0.5) is 10.5 Å². The second-order valence-corrected chi connectivity index (χ2v) is 7.44. The molecular weight excluding hydrogens is 460 g/mol. The van der Waals surface area contributed by atoms with Gasteiger partial charge < -0.3 is 23.5 Å². The fourth-order valence-electron chi connectivity index (χ4n) is 3.01. The van der Waals surface area contributed by atoms with Crippen LogP contribution in [-0.4, -0.2) is 61.7 Å². The summed E-state index contributed by atoms with van der Waals surface area (Å²) in [6, 6.07) is 10.7. The molecule has 10 nitrogen and oxygen atoms in total. The number of hydrogen-bond donors (Lipinski definition) is 0. The van der Waals surface area contributed by atoms with Crippen molar-refractivity contribution in [3.63, 3.8) is 0 Å². The Morgan fingerprint density at radius 3 is 2.12 bits per heavy atom. The van der Waals surface area contributed by atoms with E-state index in [9.17, 15) is 4.79 Å². The van der Waals surface area contributed by atoms with Crippen LogP contribution in [0.3, 0.4) is 0 Å². The molecule has 0 atom stereocenters. The number of amides is 1. The molecule has 1 amide bonds. The van der Waals surface area contributed by atoms with E-state index in [1.165, 1.54) is 40.2 Å². The third-order valence-corrected chi connectivity index (χ3v) is 5.27. The topological polar surface area (TPSA) is 118 Å². The highest BCUT2D eigenvalue weighted by Gasteiger charge is 2.20. The van der Waals surface area contributed by atoms with Gasteiger partial charge in [0.05, 0.1) is 34.1 Å². The average Bonchev–Trinajstić information content (AvgIpc) is 3.31. The number of aliphatic imine (C=N–C) groups is 2. The Morgan fingerprint density at radius 1 is 1.00 bits per heavy atom. The van der Waals surface area contributed by atoms with Crippen LogP contribution in [0.1, 0.15) is 11.5 Å². The summed E-state index contributed by atoms with van der Waals surface area (Å²) in [7, 11) is 5.83. The molecule has 34 heavy (non-hydrogen) atoms. The monoisotopic (exact) mass is 484 g/mol. The van der Waals surface area contributed by atoms with Crippen molar-refractivity contribution in [3.05, 3.63) is 47.9 Å². The van der Waals surface area contributed by atoms with Gasteiger partial charge in [-0.1, -0.05) is 5.16 Å². The zero-order chi connectivity index (χ0) is 24.7. The van der Waals surface area contributed by atoms with E-state index in [0.717, 1.165) is 5.56 Å². The van der Waals surface area contributed by atoms with Crippen molar-refractivity contribution in [2.75, 3.05) is 34.7 Å². The standard InChI is InChI=1S/C23H24N4O6S/c1-13-24-21(27-33-13)14-7-9-16(10-8-14)25-19(22(34-6)26-23(28)32-5)15-11-17(29-2)20(31-4)18(12-15)30-3/h7-12H,1-6H3. The van der Waals surface area contributed by atoms with Gasteiger partial charge in [-0.3, -0.25) is 0 Å². The summed E-state index contributed by atoms with van der Waals surface area (Å²) in [5.41, 5.74) is 2.41. The van der Waals surface area contributed by atoms with E-state index in [-0.39, 0.29) is 0 Å². The maximum absolute atomic E-state index is 11.9. The van der Waals surface area contributed by atoms with Gasteiger partial charge in [0.15, 0.2) is 11.5 Å². The maximum Gasteiger partial charge on any atom is 0.434 e. The first-order valence-corrected chi connectivity index (χ1v) is 11.2. The van der Waals surface area contributed by atoms with Crippen LogP contribution in [0.2, 0.25) is 0 Å². The predicted octanol–water partition coefficient (Wildman–Crippen LogP) is 4.72. The molecule has 0 bridgehead atoms. The Balaban J connectivity index is 2.16. The summed E-state index contributed by atoms with van der Waals surface area (Å²) in [4.78, 5) is 25.0. The zero-order valence-electron chi connectivity index (χ0n) is 19.6. The van der Waals surface area contributed by atoms with Crippen LogP contribution in [0.25, 0.3) is 11.4 Å². The second kappa shape index (κ2) is 11.3. The van der Waals surface area contributed by atoms with Crippen LogP contribution in [0, 0.1) is 6.92 Å². The molecule has 0 fully saturated rings. The van der Waals surface area contributed by atoms with E-state index >= 15 is 0 Å². The zero-order valence-corrected chi connectivity index (χ0v) is 20.4. The SMILES string of the molecule is COC(=O)N=C(SC)C(=Nc1ccc(-c2noc(C)n2)cc1)c1cc(OC)c(OC)c(OC)c1. The Morgan fingerprint density at radius 2 is 1.65 bits per heavy atom. The molecule has 178 valence electrons. The number of carbonyl (C=O) groups excluding carboxylic acids is 1. The van der Waals surface area contributed by atoms with Gasteiger partial charge in [-0.05, 0) is 42.7 Å². The molecule has 3 rings (SSSR count). The van der Waals surface area contributed by atoms with Gasteiger partial charge >= 0.3 is 6.09 Å². The molecule has 0 aliphatic rings. The molecule has 3 aromatic rings. The summed E-state index contributed by atoms with van der Waals surface area (Å²) in [6.07, 6.45) is 1.05. The molecule has 0 aliphatic heterocycles. The molecule has 0 aliphatic carbocycles. The minimum atomic E-state index is -0.743. The highest BCUT2D eigenvalue weighted by atomic mass is 32.2. The lowest BCUT2D eigenvalue weighted by Crippen LogP contribution is -2.15. The van der Waals surface area contributed by atoms with Crippen LogP contribution in [-0.2, 0) is 4.74 Å². The van der Waals surface area contributed by atoms with E-state index in [2.05, 4.69) is 15.1 Å². The molecule has 0 radical (unpaired) electrons. The van der Waals surface area contributed by atoms with Gasteiger partial charge in [0.2, 0.25) is 17.5 Å². The highest BCUT2D eigenvalue weighted by Crippen LogP contribution is 2.39. The smallest absolute Gasteiger partial charge is 0.434 e. The molecule has 0 N–H and O–H groups in total. The van der Waals surface area contributed by atoms with Gasteiger partial charge in [-0.25, -0.2) is 9.79 Å². The first-order chi connectivity index (χ1) is 16.4. The van der Waals surface area contributed by atoms with Crippen molar-refractivity contribution in [1.29, 1.82) is 0 Å². The van der Waals surface area contributed by atoms with Crippen molar-refractivity contribution in [1.82, 2.24) is 10.1 Å². The van der Waals surface area contributed by atoms with Crippen LogP contribution in [0.5, 0.6) is 17.2 Å². The summed E-state index contributed by atoms with van der Waals surface area (Å²) in [5, 5.41) is 4.27. The quantitative estimate of drug-likeness (QED) is 0.347. The Hall–Kier alpha value is -3.86. The third-order valence-electron chi connectivity index (χ3n) is 4.60. The molecule has 0 unspecified atom stereocenters. The summed E-state index contributed by atoms with van der Waals surface area (Å²) >= 11 is 1.25. The number of carbonyl (C=O) groups is 1. The van der Waals surface area contributed by atoms with E-state index < -0.39 is 6.09 Å². The molecule has 0 spiro atoms. The normalized spacial score (nSPS) is 11.8. The number of hydrogen-bond acceptors (Lipinski definition) is 10. The number of benzene rings is 2. The van der Waals surface area contributed by atoms with E-state index in [1.54, 1.807) is 37.4 Å². The fourth-order valence-corrected chi connectivity index (χ4v) is 3.53. The van der Waals surface area contributed by atoms with Gasteiger partial charge in [-0.15, -0.1) is 11.8 Å². The highest BCUT2D eigenvalue weighted by molar-refractivity contribution is 8.15. The average molecular weight is 485 g/mol. The first kappa shape index (κ1) is 24.8. The van der Waals surface area contributed by atoms with Crippen LogP contribution < -0.4 is 14.2 Å². The van der Waals surface area contributed by atoms with E-state index in [0.29, 0.717) is 51.0 Å². The predicted molar refractivity (Wildman–Crippen MR) is 130 cm³/mol. The molecule has 2 aromatic carbocycles. The van der Waals surface area contributed by atoms with Gasteiger partial charge in [0.1, 0.15) is 10.8 Å².